The fraction of sp³-hybridized carbons (Fsp3) is 0. The second-order valence-electron chi connectivity index (χ2n) is 10.9. The van der Waals surface area contributed by atoms with Crippen molar-refractivity contribution in [3.05, 3.63) is 128 Å². The highest BCUT2D eigenvalue weighted by Gasteiger charge is 2.20. The topological polar surface area (TPSA) is 82.8 Å². The number of benzene rings is 6. The van der Waals surface area contributed by atoms with Crippen LogP contribution in [-0.2, 0) is 0 Å². The van der Waals surface area contributed by atoms with Crippen molar-refractivity contribution >= 4 is 49.6 Å². The van der Waals surface area contributed by atoms with Gasteiger partial charge in [0.1, 0.15) is 0 Å². The zero-order valence-corrected chi connectivity index (χ0v) is 23.9. The minimum absolute atomic E-state index is 0.434. The quantitative estimate of drug-likeness (QED) is 0.201. The molecule has 0 N–H and O–H groups in total. The van der Waals surface area contributed by atoms with Gasteiger partial charge in [-0.05, 0) is 64.0 Å². The van der Waals surface area contributed by atoms with E-state index in [1.165, 1.54) is 0 Å². The molecule has 7 nitrogen and oxygen atoms in total. The summed E-state index contributed by atoms with van der Waals surface area (Å²) in [4.78, 5) is 0. The predicted molar refractivity (Wildman–Crippen MR) is 178 cm³/mol. The van der Waals surface area contributed by atoms with Crippen molar-refractivity contribution < 1.29 is 8.83 Å². The first kappa shape index (κ1) is 25.2. The SMILES string of the molecule is C=Cn1c2ccccc2c2cc(-c3nnc(-c4ccc(-c5nnc(-c6cccc7ccccc67)o5)c5ccccc45)o3)ccc21. The minimum Gasteiger partial charge on any atom is -0.416 e. The van der Waals surface area contributed by atoms with Gasteiger partial charge in [0.2, 0.25) is 23.6 Å². The Morgan fingerprint density at radius 2 is 1.00 bits per heavy atom. The van der Waals surface area contributed by atoms with Gasteiger partial charge in [0, 0.05) is 39.2 Å². The highest BCUT2D eigenvalue weighted by Crippen LogP contribution is 2.38. The van der Waals surface area contributed by atoms with Gasteiger partial charge in [0.25, 0.3) is 0 Å². The summed E-state index contributed by atoms with van der Waals surface area (Å²) in [6.07, 6.45) is 1.84. The maximum Gasteiger partial charge on any atom is 0.248 e. The first-order chi connectivity index (χ1) is 22.3. The molecular formula is C38H23N5O2. The van der Waals surface area contributed by atoms with Gasteiger partial charge in [-0.3, -0.25) is 0 Å². The van der Waals surface area contributed by atoms with Crippen molar-refractivity contribution in [2.75, 3.05) is 0 Å². The molecule has 0 unspecified atom stereocenters. The van der Waals surface area contributed by atoms with E-state index in [0.29, 0.717) is 23.6 Å². The Kier molecular flexibility index (Phi) is 5.52. The van der Waals surface area contributed by atoms with E-state index in [0.717, 1.165) is 65.6 Å². The molecule has 9 rings (SSSR count). The summed E-state index contributed by atoms with van der Waals surface area (Å²) >= 11 is 0. The van der Waals surface area contributed by atoms with Crippen LogP contribution in [-0.4, -0.2) is 25.0 Å². The van der Waals surface area contributed by atoms with Crippen molar-refractivity contribution in [3.8, 4) is 45.8 Å². The molecule has 6 aromatic carbocycles. The Morgan fingerprint density at radius 1 is 0.467 bits per heavy atom. The zero-order valence-electron chi connectivity index (χ0n) is 23.9. The van der Waals surface area contributed by atoms with E-state index in [1.54, 1.807) is 0 Å². The molecule has 0 amide bonds. The van der Waals surface area contributed by atoms with E-state index in [-0.39, 0.29) is 0 Å². The fourth-order valence-electron chi connectivity index (χ4n) is 6.31. The van der Waals surface area contributed by atoms with E-state index in [9.17, 15) is 0 Å². The highest BCUT2D eigenvalue weighted by molar-refractivity contribution is 6.10. The molecule has 9 aromatic rings. The van der Waals surface area contributed by atoms with Crippen molar-refractivity contribution in [2.45, 2.75) is 0 Å². The van der Waals surface area contributed by atoms with Gasteiger partial charge in [-0.25, -0.2) is 0 Å². The van der Waals surface area contributed by atoms with Crippen LogP contribution >= 0.6 is 0 Å². The number of fused-ring (bicyclic) bond motifs is 5. The van der Waals surface area contributed by atoms with Gasteiger partial charge in [0.05, 0.1) is 11.0 Å². The minimum atomic E-state index is 0.434. The van der Waals surface area contributed by atoms with Crippen LogP contribution in [0.4, 0.5) is 0 Å². The van der Waals surface area contributed by atoms with Crippen LogP contribution in [0.3, 0.4) is 0 Å². The van der Waals surface area contributed by atoms with E-state index in [4.69, 9.17) is 8.83 Å². The van der Waals surface area contributed by atoms with Crippen LogP contribution in [0.25, 0.3) is 95.4 Å². The molecule has 0 bridgehead atoms. The lowest BCUT2D eigenvalue weighted by Crippen LogP contribution is -1.86. The summed E-state index contributed by atoms with van der Waals surface area (Å²) in [5, 5.41) is 24.1. The Bertz CT molecular complexity index is 2580. The molecule has 0 spiro atoms. The molecule has 0 aliphatic carbocycles. The van der Waals surface area contributed by atoms with Gasteiger partial charge in [-0.1, -0.05) is 85.4 Å². The molecule has 212 valence electrons. The predicted octanol–water partition coefficient (Wildman–Crippen LogP) is 9.64. The maximum absolute atomic E-state index is 6.31. The fourth-order valence-corrected chi connectivity index (χ4v) is 6.31. The van der Waals surface area contributed by atoms with Gasteiger partial charge >= 0.3 is 0 Å². The van der Waals surface area contributed by atoms with E-state index < -0.39 is 0 Å². The van der Waals surface area contributed by atoms with Gasteiger partial charge in [-0.2, -0.15) is 0 Å². The summed E-state index contributed by atoms with van der Waals surface area (Å²) in [6.45, 7) is 4.01. The van der Waals surface area contributed by atoms with E-state index in [2.05, 4.69) is 74.0 Å². The van der Waals surface area contributed by atoms with Crippen LogP contribution < -0.4 is 0 Å². The first-order valence-corrected chi connectivity index (χ1v) is 14.6. The lowest BCUT2D eigenvalue weighted by molar-refractivity contribution is 0.584. The van der Waals surface area contributed by atoms with Crippen LogP contribution in [0, 0.1) is 0 Å². The van der Waals surface area contributed by atoms with Crippen LogP contribution in [0.5, 0.6) is 0 Å². The number of para-hydroxylation sites is 1. The van der Waals surface area contributed by atoms with Crippen LogP contribution in [0.2, 0.25) is 0 Å². The molecule has 0 aliphatic heterocycles. The molecule has 3 aromatic heterocycles. The Hall–Kier alpha value is -6.34. The Balaban J connectivity index is 1.11. The average molecular weight is 582 g/mol. The summed E-state index contributed by atoms with van der Waals surface area (Å²) in [6, 6.07) is 40.7. The number of hydrogen-bond donors (Lipinski definition) is 0. The van der Waals surface area contributed by atoms with Crippen LogP contribution in [0.1, 0.15) is 0 Å². The summed E-state index contributed by atoms with van der Waals surface area (Å²) in [5.74, 6) is 1.80. The summed E-state index contributed by atoms with van der Waals surface area (Å²) in [5.41, 5.74) is 5.58. The van der Waals surface area contributed by atoms with Gasteiger partial charge in [0.15, 0.2) is 0 Å². The third kappa shape index (κ3) is 3.91. The van der Waals surface area contributed by atoms with Crippen molar-refractivity contribution in [3.63, 3.8) is 0 Å². The van der Waals surface area contributed by atoms with E-state index in [1.807, 2.05) is 85.1 Å². The molecule has 3 heterocycles. The summed E-state index contributed by atoms with van der Waals surface area (Å²) < 4.78 is 14.7. The number of hydrogen-bond acceptors (Lipinski definition) is 6. The highest BCUT2D eigenvalue weighted by atomic mass is 16.4. The maximum atomic E-state index is 6.31. The van der Waals surface area contributed by atoms with Gasteiger partial charge < -0.3 is 13.4 Å². The third-order valence-electron chi connectivity index (χ3n) is 8.39. The third-order valence-corrected chi connectivity index (χ3v) is 8.39. The van der Waals surface area contributed by atoms with Crippen LogP contribution in [0.15, 0.2) is 137 Å². The lowest BCUT2D eigenvalue weighted by atomic mass is 9.99. The Labute approximate surface area is 256 Å². The second kappa shape index (κ2) is 9.86. The van der Waals surface area contributed by atoms with E-state index >= 15 is 0 Å². The molecule has 0 atom stereocenters. The zero-order chi connectivity index (χ0) is 29.9. The largest absolute Gasteiger partial charge is 0.416 e. The Morgan fingerprint density at radius 3 is 1.71 bits per heavy atom. The molecule has 0 aliphatic rings. The molecule has 7 heteroatoms. The number of nitrogens with zero attached hydrogens (tertiary/aromatic N) is 5. The lowest BCUT2D eigenvalue weighted by Gasteiger charge is -2.07. The molecule has 45 heavy (non-hydrogen) atoms. The molecule has 0 saturated heterocycles. The average Bonchev–Trinajstić information content (AvgIpc) is 3.85. The molecule has 0 saturated carbocycles. The van der Waals surface area contributed by atoms with Gasteiger partial charge in [-0.15, -0.1) is 20.4 Å². The van der Waals surface area contributed by atoms with Crippen molar-refractivity contribution in [1.82, 2.24) is 25.0 Å². The molecule has 0 radical (unpaired) electrons. The smallest absolute Gasteiger partial charge is 0.248 e. The monoisotopic (exact) mass is 581 g/mol. The molecule has 0 fully saturated rings. The molecular weight excluding hydrogens is 558 g/mol. The standard InChI is InChI=1S/C38H23N5O2/c1-2-43-33-17-8-7-15-28(33)32-22-24(18-21-34(32)43)35-39-40-37(44-35)30-19-20-31(27-14-6-5-13-26(27)30)38-42-41-36(45-38)29-16-9-11-23-10-3-4-12-25(23)29/h2-22H,1H2. The van der Waals surface area contributed by atoms with Crippen molar-refractivity contribution in [1.29, 1.82) is 0 Å². The second-order valence-corrected chi connectivity index (χ2v) is 10.9. The number of aromatic nitrogens is 5. The van der Waals surface area contributed by atoms with Crippen molar-refractivity contribution in [2.24, 2.45) is 0 Å². The number of rotatable bonds is 5. The normalized spacial score (nSPS) is 11.6. The summed E-state index contributed by atoms with van der Waals surface area (Å²) in [7, 11) is 0. The first-order valence-electron chi connectivity index (χ1n) is 14.6.